The number of benzene rings is 3. The summed E-state index contributed by atoms with van der Waals surface area (Å²) in [5.41, 5.74) is 2.41. The van der Waals surface area contributed by atoms with Gasteiger partial charge in [0.15, 0.2) is 27.9 Å². The second-order valence-electron chi connectivity index (χ2n) is 10.9. The van der Waals surface area contributed by atoms with E-state index in [9.17, 15) is 22.8 Å². The van der Waals surface area contributed by atoms with Crippen molar-refractivity contribution in [2.75, 3.05) is 33.1 Å². The highest BCUT2D eigenvalue weighted by atomic mass is 32.2. The first-order valence-corrected chi connectivity index (χ1v) is 16.1. The molecule has 232 valence electrons. The van der Waals surface area contributed by atoms with Gasteiger partial charge in [-0.1, -0.05) is 30.3 Å². The van der Waals surface area contributed by atoms with Crippen LogP contribution in [0.25, 0.3) is 0 Å². The van der Waals surface area contributed by atoms with E-state index in [1.807, 2.05) is 18.2 Å². The van der Waals surface area contributed by atoms with Gasteiger partial charge in [0, 0.05) is 25.8 Å². The van der Waals surface area contributed by atoms with Gasteiger partial charge in [0.2, 0.25) is 11.8 Å². The molecule has 3 aromatic carbocycles. The molecule has 0 spiro atoms. The third-order valence-corrected chi connectivity index (χ3v) is 8.73. The van der Waals surface area contributed by atoms with Gasteiger partial charge in [-0.2, -0.15) is 0 Å². The van der Waals surface area contributed by atoms with Crippen molar-refractivity contribution < 1.29 is 37.0 Å². The molecule has 0 unspecified atom stereocenters. The monoisotopic (exact) mass is 621 g/mol. The Morgan fingerprint density at radius 3 is 2.39 bits per heavy atom. The van der Waals surface area contributed by atoms with E-state index in [2.05, 4.69) is 10.6 Å². The zero-order chi connectivity index (χ0) is 31.3. The second-order valence-corrected chi connectivity index (χ2v) is 12.9. The number of sulfone groups is 1. The van der Waals surface area contributed by atoms with E-state index in [-0.39, 0.29) is 55.2 Å². The number of carbonyl (C=O) groups is 3. The van der Waals surface area contributed by atoms with Crippen molar-refractivity contribution in [3.05, 3.63) is 83.4 Å². The number of aryl methyl sites for hydroxylation is 1. The topological polar surface area (TPSA) is 140 Å². The first-order valence-electron chi connectivity index (χ1n) is 14.3. The van der Waals surface area contributed by atoms with Crippen LogP contribution in [-0.4, -0.2) is 76.2 Å². The number of ether oxygens (including phenoxy) is 3. The maximum atomic E-state index is 13.3. The van der Waals surface area contributed by atoms with E-state index < -0.39 is 22.0 Å². The first kappa shape index (κ1) is 30.9. The molecule has 1 fully saturated rings. The van der Waals surface area contributed by atoms with Crippen molar-refractivity contribution in [3.8, 4) is 17.2 Å². The lowest BCUT2D eigenvalue weighted by atomic mass is 10.1. The van der Waals surface area contributed by atoms with Crippen LogP contribution in [0.5, 0.6) is 17.2 Å². The summed E-state index contributed by atoms with van der Waals surface area (Å²) in [5.74, 6) is 0.831. The molecule has 0 aliphatic carbocycles. The van der Waals surface area contributed by atoms with E-state index >= 15 is 0 Å². The third-order valence-electron chi connectivity index (χ3n) is 7.60. The van der Waals surface area contributed by atoms with Crippen LogP contribution in [0.1, 0.15) is 23.1 Å². The Kier molecular flexibility index (Phi) is 9.38. The van der Waals surface area contributed by atoms with Crippen LogP contribution in [0.4, 0.5) is 0 Å². The highest BCUT2D eigenvalue weighted by molar-refractivity contribution is 7.90. The molecule has 44 heavy (non-hydrogen) atoms. The molecule has 5 aliphatic heterocycles. The fourth-order valence-electron chi connectivity index (χ4n) is 5.16. The predicted molar refractivity (Wildman–Crippen MR) is 161 cm³/mol. The molecule has 5 aliphatic rings. The Morgan fingerprint density at radius 2 is 1.68 bits per heavy atom. The Labute approximate surface area is 256 Å². The maximum absolute atomic E-state index is 13.3. The van der Waals surface area contributed by atoms with Gasteiger partial charge in [-0.15, -0.1) is 0 Å². The number of nitrogens with zero attached hydrogens (tertiary/aromatic N) is 1. The summed E-state index contributed by atoms with van der Waals surface area (Å²) in [4.78, 5) is 40.6. The number of methoxy groups -OCH3 is 1. The van der Waals surface area contributed by atoms with E-state index in [0.717, 1.165) is 17.4 Å². The summed E-state index contributed by atoms with van der Waals surface area (Å²) in [5, 5.41) is 5.89. The van der Waals surface area contributed by atoms with E-state index in [0.29, 0.717) is 35.8 Å². The molecule has 2 N–H and O–H groups in total. The SMILES string of the molecule is COc1cc2ccc1OCC(=O)NCc1ccc(cc1)O[C@H]1CN(C(=O)Cc3ccc(S(C)(=O)=O)cc3)C[C@@H]1NC(=O)CC2. The molecule has 8 rings (SSSR count). The van der Waals surface area contributed by atoms with Crippen LogP contribution in [0.2, 0.25) is 0 Å². The molecule has 1 saturated heterocycles. The van der Waals surface area contributed by atoms with Crippen molar-refractivity contribution in [2.45, 2.75) is 42.8 Å². The van der Waals surface area contributed by atoms with Crippen LogP contribution in [0.3, 0.4) is 0 Å². The number of amides is 3. The maximum Gasteiger partial charge on any atom is 0.258 e. The van der Waals surface area contributed by atoms with Crippen LogP contribution >= 0.6 is 0 Å². The van der Waals surface area contributed by atoms with Gasteiger partial charge < -0.3 is 29.7 Å². The van der Waals surface area contributed by atoms with E-state index in [1.165, 1.54) is 19.2 Å². The summed E-state index contributed by atoms with van der Waals surface area (Å²) < 4.78 is 41.0. The molecular weight excluding hydrogens is 586 g/mol. The third kappa shape index (κ3) is 7.87. The minimum absolute atomic E-state index is 0.0827. The summed E-state index contributed by atoms with van der Waals surface area (Å²) >= 11 is 0. The highest BCUT2D eigenvalue weighted by Gasteiger charge is 2.37. The van der Waals surface area contributed by atoms with Gasteiger partial charge in [-0.25, -0.2) is 8.42 Å². The molecule has 0 saturated carbocycles. The molecule has 3 amide bonds. The van der Waals surface area contributed by atoms with Gasteiger partial charge in [0.05, 0.1) is 31.0 Å². The van der Waals surface area contributed by atoms with E-state index in [1.54, 1.807) is 41.3 Å². The Hall–Kier alpha value is -4.58. The van der Waals surface area contributed by atoms with Gasteiger partial charge in [0.1, 0.15) is 11.9 Å². The van der Waals surface area contributed by atoms with Crippen molar-refractivity contribution in [3.63, 3.8) is 0 Å². The minimum Gasteiger partial charge on any atom is -0.493 e. The largest absolute Gasteiger partial charge is 0.493 e. The van der Waals surface area contributed by atoms with Crippen molar-refractivity contribution in [1.82, 2.24) is 15.5 Å². The number of hydrogen-bond donors (Lipinski definition) is 2. The molecule has 12 heteroatoms. The predicted octanol–water partition coefficient (Wildman–Crippen LogP) is 2.06. The number of hydrogen-bond acceptors (Lipinski definition) is 8. The smallest absolute Gasteiger partial charge is 0.258 e. The van der Waals surface area contributed by atoms with Crippen molar-refractivity contribution in [1.29, 1.82) is 0 Å². The van der Waals surface area contributed by atoms with Crippen molar-refractivity contribution in [2.24, 2.45) is 0 Å². The first-order chi connectivity index (χ1) is 21.1. The molecular formula is C32H35N3O8S. The van der Waals surface area contributed by atoms with Gasteiger partial charge >= 0.3 is 0 Å². The zero-order valence-electron chi connectivity index (χ0n) is 24.6. The molecule has 4 bridgehead atoms. The average Bonchev–Trinajstić information content (AvgIpc) is 3.40. The zero-order valence-corrected chi connectivity index (χ0v) is 25.4. The lowest BCUT2D eigenvalue weighted by Crippen LogP contribution is -2.45. The lowest BCUT2D eigenvalue weighted by molar-refractivity contribution is -0.130. The van der Waals surface area contributed by atoms with Crippen molar-refractivity contribution >= 4 is 27.6 Å². The van der Waals surface area contributed by atoms with Crippen LogP contribution in [0.15, 0.2) is 71.6 Å². The standard InChI is InChI=1S/C32H35N3O8S/c1-41-28-15-21-7-13-27(28)42-20-31(37)33-17-23-3-9-24(10-4-23)43-29-19-35(18-26(29)34-30(36)14-8-21)32(38)16-22-5-11-25(12-6-22)44(2,39)40/h3-7,9-13,15,26,29H,8,14,16-20H2,1-2H3,(H,33,37)(H,34,36)/t26-,29-/m0/s1. The molecule has 3 aromatic rings. The minimum atomic E-state index is -3.34. The molecule has 11 nitrogen and oxygen atoms in total. The van der Waals surface area contributed by atoms with Crippen LogP contribution in [0, 0.1) is 0 Å². The van der Waals surface area contributed by atoms with Gasteiger partial charge in [-0.3, -0.25) is 14.4 Å². The Bertz CT molecular complexity index is 1620. The number of nitrogens with one attached hydrogen (secondary N) is 2. The number of rotatable bonds is 4. The summed E-state index contributed by atoms with van der Waals surface area (Å²) in [6.45, 7) is 0.653. The normalized spacial score (nSPS) is 19.3. The summed E-state index contributed by atoms with van der Waals surface area (Å²) in [7, 11) is -1.82. The Balaban J connectivity index is 1.33. The highest BCUT2D eigenvalue weighted by Crippen LogP contribution is 2.29. The number of carbonyl (C=O) groups excluding carboxylic acids is 3. The second kappa shape index (κ2) is 13.4. The molecule has 5 heterocycles. The van der Waals surface area contributed by atoms with E-state index in [4.69, 9.17) is 14.2 Å². The Morgan fingerprint density at radius 1 is 0.955 bits per heavy atom. The molecule has 0 aromatic heterocycles. The quantitative estimate of drug-likeness (QED) is 0.451. The average molecular weight is 622 g/mol. The van der Waals surface area contributed by atoms with Gasteiger partial charge in [0.25, 0.3) is 5.91 Å². The fraction of sp³-hybridized carbons (Fsp3) is 0.344. The van der Waals surface area contributed by atoms with Crippen LogP contribution in [-0.2, 0) is 43.6 Å². The molecule has 0 radical (unpaired) electrons. The summed E-state index contributed by atoms with van der Waals surface area (Å²) in [6, 6.07) is 18.4. The number of likely N-dealkylation sites (tertiary alicyclic amines) is 1. The summed E-state index contributed by atoms with van der Waals surface area (Å²) in [6.07, 6.45) is 1.36. The molecule has 2 atom stereocenters. The fourth-order valence-corrected chi connectivity index (χ4v) is 5.79. The van der Waals surface area contributed by atoms with Gasteiger partial charge in [-0.05, 0) is 59.5 Å². The lowest BCUT2D eigenvalue weighted by Gasteiger charge is -2.21. The van der Waals surface area contributed by atoms with Crippen LogP contribution < -0.4 is 24.8 Å².